The molecule has 0 unspecified atom stereocenters. The van der Waals surface area contributed by atoms with Crippen molar-refractivity contribution in [2.45, 2.75) is 19.9 Å². The van der Waals surface area contributed by atoms with Gasteiger partial charge in [-0.15, -0.1) is 11.3 Å². The number of nitrogens with zero attached hydrogens (tertiary/aromatic N) is 1. The molecular formula is C13H15ClN4OS. The first-order valence-corrected chi connectivity index (χ1v) is 7.32. The molecule has 0 saturated heterocycles. The molecule has 5 nitrogen and oxygen atoms in total. The Balaban J connectivity index is 2.04. The molecule has 0 bridgehead atoms. The van der Waals surface area contributed by atoms with E-state index in [2.05, 4.69) is 28.7 Å². The lowest BCUT2D eigenvalue weighted by atomic mass is 10.3. The molecule has 0 radical (unpaired) electrons. The Labute approximate surface area is 126 Å². The Morgan fingerprint density at radius 1 is 1.35 bits per heavy atom. The molecule has 0 atom stereocenters. The number of nitrogen functional groups attached to an aromatic ring is 1. The van der Waals surface area contributed by atoms with Gasteiger partial charge in [-0.05, 0) is 30.7 Å². The van der Waals surface area contributed by atoms with Crippen molar-refractivity contribution in [3.63, 3.8) is 0 Å². The molecule has 0 aliphatic rings. The van der Waals surface area contributed by atoms with Crippen LogP contribution in [0, 0.1) is 0 Å². The molecule has 1 amide bonds. The number of rotatable bonds is 5. The van der Waals surface area contributed by atoms with Crippen molar-refractivity contribution in [2.24, 2.45) is 5.84 Å². The second-order valence-electron chi connectivity index (χ2n) is 4.08. The molecule has 2 heterocycles. The van der Waals surface area contributed by atoms with Crippen LogP contribution < -0.4 is 16.6 Å². The van der Waals surface area contributed by atoms with Gasteiger partial charge in [0, 0.05) is 9.75 Å². The zero-order chi connectivity index (χ0) is 14.5. The van der Waals surface area contributed by atoms with Crippen LogP contribution in [0.2, 0.25) is 5.02 Å². The Bertz CT molecular complexity index is 614. The molecular weight excluding hydrogens is 296 g/mol. The van der Waals surface area contributed by atoms with Crippen molar-refractivity contribution in [3.8, 4) is 0 Å². The first-order valence-electron chi connectivity index (χ1n) is 6.13. The van der Waals surface area contributed by atoms with E-state index < -0.39 is 0 Å². The van der Waals surface area contributed by atoms with Crippen molar-refractivity contribution in [1.29, 1.82) is 0 Å². The summed E-state index contributed by atoms with van der Waals surface area (Å²) in [6, 6.07) is 7.26. The lowest BCUT2D eigenvalue weighted by molar-refractivity contribution is 0.0946. The number of carbonyl (C=O) groups excluding carboxylic acids is 1. The van der Waals surface area contributed by atoms with Gasteiger partial charge in [-0.1, -0.05) is 18.5 Å². The first kappa shape index (κ1) is 14.8. The Hall–Kier alpha value is -1.63. The van der Waals surface area contributed by atoms with Gasteiger partial charge in [-0.25, -0.2) is 10.8 Å². The molecule has 0 spiro atoms. The Morgan fingerprint density at radius 2 is 2.10 bits per heavy atom. The smallest absolute Gasteiger partial charge is 0.271 e. The summed E-state index contributed by atoms with van der Waals surface area (Å²) in [6.45, 7) is 2.56. The molecule has 0 fully saturated rings. The molecule has 0 aromatic carbocycles. The summed E-state index contributed by atoms with van der Waals surface area (Å²) in [6.07, 6.45) is 0.996. The third-order valence-electron chi connectivity index (χ3n) is 2.70. The van der Waals surface area contributed by atoms with E-state index in [-0.39, 0.29) is 11.6 Å². The lowest BCUT2D eigenvalue weighted by Crippen LogP contribution is -2.24. The quantitative estimate of drug-likeness (QED) is 0.586. The van der Waals surface area contributed by atoms with Crippen LogP contribution in [0.4, 0.5) is 5.82 Å². The van der Waals surface area contributed by atoms with Crippen LogP contribution in [-0.2, 0) is 13.0 Å². The van der Waals surface area contributed by atoms with Crippen LogP contribution in [0.3, 0.4) is 0 Å². The summed E-state index contributed by atoms with van der Waals surface area (Å²) in [5.41, 5.74) is 2.55. The topological polar surface area (TPSA) is 80.0 Å². The average Bonchev–Trinajstić information content (AvgIpc) is 2.93. The fourth-order valence-electron chi connectivity index (χ4n) is 1.64. The summed E-state index contributed by atoms with van der Waals surface area (Å²) >= 11 is 7.65. The molecule has 0 saturated carbocycles. The number of nitrogens with two attached hydrogens (primary N) is 1. The number of halogens is 1. The maximum absolute atomic E-state index is 12.1. The monoisotopic (exact) mass is 310 g/mol. The van der Waals surface area contributed by atoms with Gasteiger partial charge in [0.1, 0.15) is 11.5 Å². The van der Waals surface area contributed by atoms with Crippen LogP contribution in [0.15, 0.2) is 24.3 Å². The molecule has 2 aromatic heterocycles. The van der Waals surface area contributed by atoms with Crippen LogP contribution in [-0.4, -0.2) is 10.9 Å². The van der Waals surface area contributed by atoms with E-state index in [0.717, 1.165) is 11.3 Å². The zero-order valence-electron chi connectivity index (χ0n) is 10.9. The number of nitrogens with one attached hydrogen (secondary N) is 2. The number of aromatic nitrogens is 1. The summed E-state index contributed by atoms with van der Waals surface area (Å²) in [4.78, 5) is 18.5. The van der Waals surface area contributed by atoms with Crippen LogP contribution in [0.25, 0.3) is 0 Å². The predicted molar refractivity (Wildman–Crippen MR) is 81.9 cm³/mol. The van der Waals surface area contributed by atoms with E-state index in [1.807, 2.05) is 6.07 Å². The largest absolute Gasteiger partial charge is 0.346 e. The van der Waals surface area contributed by atoms with Gasteiger partial charge in [0.15, 0.2) is 0 Å². The second-order valence-corrected chi connectivity index (χ2v) is 5.74. The summed E-state index contributed by atoms with van der Waals surface area (Å²) < 4.78 is 0. The number of pyridine rings is 1. The van der Waals surface area contributed by atoms with Gasteiger partial charge in [-0.3, -0.25) is 4.79 Å². The SMILES string of the molecule is CCc1ccc(CNC(=O)c2nc(NN)ccc2Cl)s1. The van der Waals surface area contributed by atoms with Crippen molar-refractivity contribution >= 4 is 34.7 Å². The van der Waals surface area contributed by atoms with Gasteiger partial charge in [0.2, 0.25) is 0 Å². The second kappa shape index (κ2) is 6.69. The molecule has 106 valence electrons. The molecule has 0 aliphatic heterocycles. The average molecular weight is 311 g/mol. The third kappa shape index (κ3) is 3.47. The molecule has 20 heavy (non-hydrogen) atoms. The zero-order valence-corrected chi connectivity index (χ0v) is 12.5. The van der Waals surface area contributed by atoms with E-state index >= 15 is 0 Å². The Kier molecular flexibility index (Phi) is 4.94. The number of hydrogen-bond acceptors (Lipinski definition) is 5. The molecule has 0 aliphatic carbocycles. The van der Waals surface area contributed by atoms with Crippen molar-refractivity contribution < 1.29 is 4.79 Å². The predicted octanol–water partition coefficient (Wildman–Crippen LogP) is 2.57. The van der Waals surface area contributed by atoms with E-state index in [9.17, 15) is 4.79 Å². The highest BCUT2D eigenvalue weighted by Gasteiger charge is 2.13. The van der Waals surface area contributed by atoms with Gasteiger partial charge in [0.25, 0.3) is 5.91 Å². The molecule has 4 N–H and O–H groups in total. The fourth-order valence-corrected chi connectivity index (χ4v) is 2.73. The highest BCUT2D eigenvalue weighted by molar-refractivity contribution is 7.11. The summed E-state index contributed by atoms with van der Waals surface area (Å²) in [5.74, 6) is 5.34. The van der Waals surface area contributed by atoms with Crippen molar-refractivity contribution in [1.82, 2.24) is 10.3 Å². The van der Waals surface area contributed by atoms with Crippen LogP contribution in [0.1, 0.15) is 27.2 Å². The van der Waals surface area contributed by atoms with E-state index in [1.165, 1.54) is 4.88 Å². The first-order chi connectivity index (χ1) is 9.63. The van der Waals surface area contributed by atoms with Crippen molar-refractivity contribution in [2.75, 3.05) is 5.43 Å². The number of aryl methyl sites for hydroxylation is 1. The lowest BCUT2D eigenvalue weighted by Gasteiger charge is -2.06. The maximum atomic E-state index is 12.1. The van der Waals surface area contributed by atoms with Crippen molar-refractivity contribution in [3.05, 3.63) is 44.7 Å². The number of carbonyl (C=O) groups is 1. The normalized spacial score (nSPS) is 10.3. The molecule has 7 heteroatoms. The minimum Gasteiger partial charge on any atom is -0.346 e. The number of anilines is 1. The highest BCUT2D eigenvalue weighted by Crippen LogP contribution is 2.18. The van der Waals surface area contributed by atoms with Crippen LogP contribution >= 0.6 is 22.9 Å². The molecule has 2 rings (SSSR count). The van der Waals surface area contributed by atoms with E-state index in [0.29, 0.717) is 17.4 Å². The standard InChI is InChI=1S/C13H15ClN4OS/c1-2-8-3-4-9(20-8)7-16-13(19)12-10(14)5-6-11(17-12)18-15/h3-6H,2,7,15H2,1H3,(H,16,19)(H,17,18). The third-order valence-corrected chi connectivity index (χ3v) is 4.23. The summed E-state index contributed by atoms with van der Waals surface area (Å²) in [5, 5.41) is 3.09. The number of hydrazine groups is 1. The fraction of sp³-hybridized carbons (Fsp3) is 0.231. The van der Waals surface area contributed by atoms with Gasteiger partial charge < -0.3 is 10.7 Å². The summed E-state index contributed by atoms with van der Waals surface area (Å²) in [7, 11) is 0. The van der Waals surface area contributed by atoms with E-state index in [1.54, 1.807) is 23.5 Å². The Morgan fingerprint density at radius 3 is 2.75 bits per heavy atom. The van der Waals surface area contributed by atoms with Gasteiger partial charge in [0.05, 0.1) is 11.6 Å². The highest BCUT2D eigenvalue weighted by atomic mass is 35.5. The number of amides is 1. The minimum atomic E-state index is -0.321. The van der Waals surface area contributed by atoms with E-state index in [4.69, 9.17) is 17.4 Å². The van der Waals surface area contributed by atoms with Crippen LogP contribution in [0.5, 0.6) is 0 Å². The van der Waals surface area contributed by atoms with Gasteiger partial charge >= 0.3 is 0 Å². The maximum Gasteiger partial charge on any atom is 0.271 e. The molecule has 2 aromatic rings. The number of hydrogen-bond donors (Lipinski definition) is 3. The minimum absolute atomic E-state index is 0.161. The number of thiophene rings is 1. The van der Waals surface area contributed by atoms with Gasteiger partial charge in [-0.2, -0.15) is 0 Å².